The van der Waals surface area contributed by atoms with Crippen molar-refractivity contribution in [3.63, 3.8) is 0 Å². The average molecular weight is 343 g/mol. The quantitative estimate of drug-likeness (QED) is 0.869. The maximum absolute atomic E-state index is 9.05. The van der Waals surface area contributed by atoms with Crippen LogP contribution in [0.25, 0.3) is 0 Å². The Kier molecular flexibility index (Phi) is 3.85. The van der Waals surface area contributed by atoms with Crippen molar-refractivity contribution in [2.24, 2.45) is 0 Å². The highest BCUT2D eigenvalue weighted by Gasteiger charge is 2.22. The Balaban J connectivity index is 1.94. The van der Waals surface area contributed by atoms with E-state index >= 15 is 0 Å². The summed E-state index contributed by atoms with van der Waals surface area (Å²) >= 11 is 3.51. The number of rotatable bonds is 2. The van der Waals surface area contributed by atoms with E-state index in [9.17, 15) is 0 Å². The number of anilines is 1. The van der Waals surface area contributed by atoms with Crippen molar-refractivity contribution in [3.8, 4) is 11.8 Å². The number of benzene rings is 2. The van der Waals surface area contributed by atoms with Gasteiger partial charge in [0.2, 0.25) is 0 Å². The number of fused-ring (bicyclic) bond motifs is 1. The Morgan fingerprint density at radius 2 is 2.14 bits per heavy atom. The molecular formula is C17H15BrN2O. The van der Waals surface area contributed by atoms with Crippen molar-refractivity contribution in [3.05, 3.63) is 57.6 Å². The van der Waals surface area contributed by atoms with E-state index in [0.29, 0.717) is 12.2 Å². The second-order valence-electron chi connectivity index (χ2n) is 5.16. The molecule has 106 valence electrons. The largest absolute Gasteiger partial charge is 0.493 e. The summed E-state index contributed by atoms with van der Waals surface area (Å²) in [7, 11) is 0. The summed E-state index contributed by atoms with van der Waals surface area (Å²) in [5.74, 6) is 0.927. The molecule has 1 unspecified atom stereocenters. The maximum atomic E-state index is 9.05. The molecule has 2 aromatic rings. The first kappa shape index (κ1) is 14.0. The van der Waals surface area contributed by atoms with E-state index in [2.05, 4.69) is 33.4 Å². The highest BCUT2D eigenvalue weighted by atomic mass is 79.9. The monoisotopic (exact) mass is 342 g/mol. The van der Waals surface area contributed by atoms with Crippen molar-refractivity contribution >= 4 is 21.6 Å². The highest BCUT2D eigenvalue weighted by Crippen LogP contribution is 2.36. The van der Waals surface area contributed by atoms with Gasteiger partial charge in [-0.15, -0.1) is 0 Å². The molecule has 1 atom stereocenters. The number of halogens is 1. The molecule has 3 nitrogen and oxygen atoms in total. The van der Waals surface area contributed by atoms with Crippen LogP contribution in [0.2, 0.25) is 0 Å². The molecule has 0 aliphatic carbocycles. The van der Waals surface area contributed by atoms with E-state index < -0.39 is 0 Å². The Labute approximate surface area is 132 Å². The first-order valence-corrected chi connectivity index (χ1v) is 7.66. The van der Waals surface area contributed by atoms with Gasteiger partial charge in [-0.25, -0.2) is 0 Å². The predicted molar refractivity (Wildman–Crippen MR) is 86.5 cm³/mol. The van der Waals surface area contributed by atoms with E-state index in [1.165, 1.54) is 0 Å². The first-order valence-electron chi connectivity index (χ1n) is 6.87. The number of nitriles is 1. The van der Waals surface area contributed by atoms with E-state index in [1.54, 1.807) is 0 Å². The number of aryl methyl sites for hydroxylation is 1. The molecule has 2 aromatic carbocycles. The summed E-state index contributed by atoms with van der Waals surface area (Å²) in [5, 5.41) is 12.6. The van der Waals surface area contributed by atoms with Gasteiger partial charge in [-0.2, -0.15) is 5.26 Å². The van der Waals surface area contributed by atoms with Gasteiger partial charge in [-0.3, -0.25) is 0 Å². The number of nitrogens with zero attached hydrogens (tertiary/aromatic N) is 1. The van der Waals surface area contributed by atoms with Gasteiger partial charge in [0.1, 0.15) is 5.75 Å². The van der Waals surface area contributed by atoms with Crippen molar-refractivity contribution in [1.29, 1.82) is 5.26 Å². The fraction of sp³-hybridized carbons (Fsp3) is 0.235. The van der Waals surface area contributed by atoms with Crippen LogP contribution in [0.1, 0.15) is 29.2 Å². The third-order valence-electron chi connectivity index (χ3n) is 3.71. The molecular weight excluding hydrogens is 328 g/mol. The van der Waals surface area contributed by atoms with Gasteiger partial charge < -0.3 is 10.1 Å². The van der Waals surface area contributed by atoms with E-state index in [1.807, 2.05) is 37.3 Å². The normalized spacial score (nSPS) is 16.5. The van der Waals surface area contributed by atoms with Gasteiger partial charge in [0.05, 0.1) is 24.3 Å². The summed E-state index contributed by atoms with van der Waals surface area (Å²) in [4.78, 5) is 0. The zero-order chi connectivity index (χ0) is 14.8. The van der Waals surface area contributed by atoms with Gasteiger partial charge in [-0.05, 0) is 42.8 Å². The number of nitrogens with one attached hydrogen (secondary N) is 1. The van der Waals surface area contributed by atoms with Gasteiger partial charge >= 0.3 is 0 Å². The van der Waals surface area contributed by atoms with E-state index in [4.69, 9.17) is 10.00 Å². The lowest BCUT2D eigenvalue weighted by molar-refractivity contribution is 0.274. The van der Waals surface area contributed by atoms with Crippen molar-refractivity contribution in [2.75, 3.05) is 11.9 Å². The van der Waals surface area contributed by atoms with Crippen LogP contribution >= 0.6 is 15.9 Å². The third kappa shape index (κ3) is 2.88. The SMILES string of the molecule is Cc1ccc(C#N)cc1NC1CCOc2ccc(Br)cc21. The average Bonchev–Trinajstić information content (AvgIpc) is 2.50. The van der Waals surface area contributed by atoms with Gasteiger partial charge in [0.15, 0.2) is 0 Å². The summed E-state index contributed by atoms with van der Waals surface area (Å²) in [6.45, 7) is 2.74. The lowest BCUT2D eigenvalue weighted by Crippen LogP contribution is -2.20. The molecule has 3 rings (SSSR count). The van der Waals surface area contributed by atoms with Gasteiger partial charge in [-0.1, -0.05) is 22.0 Å². The molecule has 0 saturated heterocycles. The molecule has 0 bridgehead atoms. The van der Waals surface area contributed by atoms with Crippen LogP contribution in [0.15, 0.2) is 40.9 Å². The fourth-order valence-electron chi connectivity index (χ4n) is 2.55. The third-order valence-corrected chi connectivity index (χ3v) is 4.20. The molecule has 0 aromatic heterocycles. The predicted octanol–water partition coefficient (Wildman–Crippen LogP) is 4.56. The lowest BCUT2D eigenvalue weighted by atomic mass is 9.99. The highest BCUT2D eigenvalue weighted by molar-refractivity contribution is 9.10. The minimum Gasteiger partial charge on any atom is -0.493 e. The smallest absolute Gasteiger partial charge is 0.124 e. The fourth-order valence-corrected chi connectivity index (χ4v) is 2.93. The minimum atomic E-state index is 0.193. The van der Waals surface area contributed by atoms with Crippen LogP contribution in [0.5, 0.6) is 5.75 Å². The van der Waals surface area contributed by atoms with Crippen LogP contribution in [-0.4, -0.2) is 6.61 Å². The second-order valence-corrected chi connectivity index (χ2v) is 6.07. The molecule has 0 fully saturated rings. The maximum Gasteiger partial charge on any atom is 0.124 e. The Morgan fingerprint density at radius 1 is 1.29 bits per heavy atom. The first-order chi connectivity index (χ1) is 10.2. The standard InChI is InChI=1S/C17H15BrN2O/c1-11-2-3-12(10-19)8-16(11)20-15-6-7-21-17-5-4-13(18)9-14(15)17/h2-5,8-9,15,20H,6-7H2,1H3. The van der Waals surface area contributed by atoms with Crippen LogP contribution in [-0.2, 0) is 0 Å². The molecule has 1 aliphatic heterocycles. The van der Waals surface area contributed by atoms with Crippen LogP contribution in [0, 0.1) is 18.3 Å². The second kappa shape index (κ2) is 5.79. The van der Waals surface area contributed by atoms with E-state index in [-0.39, 0.29) is 6.04 Å². The van der Waals surface area contributed by atoms with Crippen molar-refractivity contribution in [1.82, 2.24) is 0 Å². The summed E-state index contributed by atoms with van der Waals surface area (Å²) < 4.78 is 6.75. The molecule has 0 amide bonds. The zero-order valence-electron chi connectivity index (χ0n) is 11.7. The molecule has 21 heavy (non-hydrogen) atoms. The van der Waals surface area contributed by atoms with E-state index in [0.717, 1.165) is 33.5 Å². The van der Waals surface area contributed by atoms with Crippen LogP contribution in [0.4, 0.5) is 5.69 Å². The summed E-state index contributed by atoms with van der Waals surface area (Å²) in [6.07, 6.45) is 0.902. The molecule has 1 aliphatic rings. The topological polar surface area (TPSA) is 45.0 Å². The number of ether oxygens (including phenoxy) is 1. The number of hydrogen-bond donors (Lipinski definition) is 1. The molecule has 0 saturated carbocycles. The molecule has 0 spiro atoms. The molecule has 1 N–H and O–H groups in total. The van der Waals surface area contributed by atoms with Gasteiger partial charge in [0, 0.05) is 22.1 Å². The van der Waals surface area contributed by atoms with Gasteiger partial charge in [0.25, 0.3) is 0 Å². The summed E-state index contributed by atoms with van der Waals surface area (Å²) in [6, 6.07) is 14.2. The minimum absolute atomic E-state index is 0.193. The number of hydrogen-bond acceptors (Lipinski definition) is 3. The molecule has 0 radical (unpaired) electrons. The van der Waals surface area contributed by atoms with Crippen LogP contribution in [0.3, 0.4) is 0 Å². The van der Waals surface area contributed by atoms with Crippen LogP contribution < -0.4 is 10.1 Å². The Morgan fingerprint density at radius 3 is 2.95 bits per heavy atom. The Hall–Kier alpha value is -1.99. The Bertz CT molecular complexity index is 721. The summed E-state index contributed by atoms with van der Waals surface area (Å²) in [5.41, 5.74) is 3.96. The zero-order valence-corrected chi connectivity index (χ0v) is 13.3. The van der Waals surface area contributed by atoms with Crippen molar-refractivity contribution < 1.29 is 4.74 Å². The van der Waals surface area contributed by atoms with Crippen molar-refractivity contribution in [2.45, 2.75) is 19.4 Å². The molecule has 4 heteroatoms. The molecule has 1 heterocycles. The lowest BCUT2D eigenvalue weighted by Gasteiger charge is -2.28.